The van der Waals surface area contributed by atoms with E-state index in [0.717, 1.165) is 28.7 Å². The summed E-state index contributed by atoms with van der Waals surface area (Å²) >= 11 is 0. The number of hydrogen-bond acceptors (Lipinski definition) is 3. The molecule has 0 aliphatic heterocycles. The molecule has 0 amide bonds. The molecule has 8 rings (SSSR count). The van der Waals surface area contributed by atoms with Gasteiger partial charge in [-0.05, 0) is 67.6 Å². The molecule has 4 aliphatic rings. The normalized spacial score (nSPS) is 24.6. The fraction of sp³-hybridized carbons (Fsp3) is 0.407. The molecule has 0 spiro atoms. The number of aromatic nitrogens is 3. The number of fused-ring (bicyclic) bond motifs is 5. The topological polar surface area (TPSA) is 53.6 Å². The van der Waals surface area contributed by atoms with Crippen LogP contribution >= 0.6 is 0 Å². The number of H-pyrrole nitrogens is 1. The maximum absolute atomic E-state index is 14.4. The molecule has 2 bridgehead atoms. The first-order valence-corrected chi connectivity index (χ1v) is 12.2. The zero-order chi connectivity index (χ0) is 22.1. The number of anilines is 1. The number of benzene rings is 2. The molecular weight excluding hydrogens is 418 g/mol. The van der Waals surface area contributed by atoms with Crippen molar-refractivity contribution >= 4 is 27.6 Å². The predicted molar refractivity (Wildman–Crippen MR) is 126 cm³/mol. The second-order valence-electron chi connectivity index (χ2n) is 10.2. The number of rotatable bonds is 4. The largest absolute Gasteiger partial charge is 0.366 e. The lowest BCUT2D eigenvalue weighted by Gasteiger charge is -2.43. The van der Waals surface area contributed by atoms with Gasteiger partial charge in [-0.1, -0.05) is 25.0 Å². The third-order valence-corrected chi connectivity index (χ3v) is 8.09. The number of aromatic amines is 1. The van der Waals surface area contributed by atoms with E-state index in [1.807, 2.05) is 0 Å². The first-order chi connectivity index (χ1) is 16.1. The van der Waals surface area contributed by atoms with Gasteiger partial charge >= 0.3 is 0 Å². The molecule has 4 nitrogen and oxygen atoms in total. The Balaban J connectivity index is 1.41. The minimum atomic E-state index is -0.604. The zero-order valence-electron chi connectivity index (χ0n) is 18.4. The van der Waals surface area contributed by atoms with E-state index >= 15 is 0 Å². The maximum Gasteiger partial charge on any atom is 0.164 e. The summed E-state index contributed by atoms with van der Waals surface area (Å²) in [6, 6.07) is 9.05. The molecule has 4 aromatic rings. The summed E-state index contributed by atoms with van der Waals surface area (Å²) in [6.45, 7) is 0. The van der Waals surface area contributed by atoms with Crippen molar-refractivity contribution in [3.8, 4) is 11.4 Å². The van der Waals surface area contributed by atoms with Crippen LogP contribution in [-0.2, 0) is 0 Å². The number of halogens is 2. The van der Waals surface area contributed by atoms with Crippen LogP contribution in [0.5, 0.6) is 0 Å². The van der Waals surface area contributed by atoms with Gasteiger partial charge in [0, 0.05) is 34.6 Å². The SMILES string of the molecule is Fc1cc(F)c2[nH]cc(-c3nc(NC4CC5CCC4CC5)c4cccc(C5CC5)c4n3)c2c1. The van der Waals surface area contributed by atoms with Crippen molar-refractivity contribution in [3.05, 3.63) is 53.7 Å². The highest BCUT2D eigenvalue weighted by molar-refractivity contribution is 5.98. The van der Waals surface area contributed by atoms with Crippen LogP contribution in [0, 0.1) is 23.5 Å². The van der Waals surface area contributed by atoms with E-state index in [2.05, 4.69) is 28.5 Å². The van der Waals surface area contributed by atoms with Gasteiger partial charge in [0.1, 0.15) is 17.5 Å². The minimum absolute atomic E-state index is 0.282. The molecule has 2 aromatic heterocycles. The van der Waals surface area contributed by atoms with E-state index in [0.29, 0.717) is 34.7 Å². The van der Waals surface area contributed by atoms with E-state index in [-0.39, 0.29) is 5.52 Å². The quantitative estimate of drug-likeness (QED) is 0.359. The number of nitrogens with zero attached hydrogens (tertiary/aromatic N) is 2. The molecule has 2 heterocycles. The Morgan fingerprint density at radius 3 is 2.55 bits per heavy atom. The molecule has 6 heteroatoms. The summed E-state index contributed by atoms with van der Waals surface area (Å²) in [4.78, 5) is 12.9. The molecule has 4 fully saturated rings. The molecule has 1 unspecified atom stereocenters. The molecule has 4 saturated carbocycles. The summed E-state index contributed by atoms with van der Waals surface area (Å²) in [5.74, 6) is 2.18. The van der Waals surface area contributed by atoms with Gasteiger partial charge in [0.15, 0.2) is 5.82 Å². The van der Waals surface area contributed by atoms with Gasteiger partial charge < -0.3 is 10.3 Å². The van der Waals surface area contributed by atoms with Crippen molar-refractivity contribution < 1.29 is 8.78 Å². The fourth-order valence-electron chi connectivity index (χ4n) is 6.20. The summed E-state index contributed by atoms with van der Waals surface area (Å²) in [5, 5.41) is 5.32. The molecule has 1 atom stereocenters. The van der Waals surface area contributed by atoms with Crippen molar-refractivity contribution in [1.29, 1.82) is 0 Å². The van der Waals surface area contributed by atoms with Gasteiger partial charge in [-0.25, -0.2) is 18.7 Å². The van der Waals surface area contributed by atoms with Gasteiger partial charge in [0.2, 0.25) is 0 Å². The lowest BCUT2D eigenvalue weighted by Crippen LogP contribution is -2.40. The van der Waals surface area contributed by atoms with Crippen LogP contribution in [-0.4, -0.2) is 21.0 Å². The monoisotopic (exact) mass is 444 g/mol. The highest BCUT2D eigenvalue weighted by Crippen LogP contribution is 2.45. The highest BCUT2D eigenvalue weighted by atomic mass is 19.1. The first-order valence-electron chi connectivity index (χ1n) is 12.2. The van der Waals surface area contributed by atoms with Gasteiger partial charge in [-0.3, -0.25) is 0 Å². The van der Waals surface area contributed by atoms with Gasteiger partial charge in [-0.2, -0.15) is 0 Å². The summed E-state index contributed by atoms with van der Waals surface area (Å²) < 4.78 is 28.4. The lowest BCUT2D eigenvalue weighted by atomic mass is 9.68. The average molecular weight is 445 g/mol. The van der Waals surface area contributed by atoms with Crippen LogP contribution < -0.4 is 5.32 Å². The highest BCUT2D eigenvalue weighted by Gasteiger charge is 2.36. The van der Waals surface area contributed by atoms with Crippen molar-refractivity contribution in [1.82, 2.24) is 15.0 Å². The Hall–Kier alpha value is -3.02. The second kappa shape index (κ2) is 7.24. The summed E-state index contributed by atoms with van der Waals surface area (Å²) in [6.07, 6.45) is 10.5. The molecule has 4 aliphatic carbocycles. The van der Waals surface area contributed by atoms with Crippen molar-refractivity contribution in [2.45, 2.75) is 56.9 Å². The van der Waals surface area contributed by atoms with Crippen LogP contribution in [0.25, 0.3) is 33.2 Å². The third kappa shape index (κ3) is 3.22. The smallest absolute Gasteiger partial charge is 0.164 e. The van der Waals surface area contributed by atoms with Gasteiger partial charge in [0.25, 0.3) is 0 Å². The van der Waals surface area contributed by atoms with Crippen LogP contribution in [0.4, 0.5) is 14.6 Å². The fourth-order valence-corrected chi connectivity index (χ4v) is 6.20. The van der Waals surface area contributed by atoms with Gasteiger partial charge in [-0.15, -0.1) is 0 Å². The molecule has 2 N–H and O–H groups in total. The molecular formula is C27H26F2N4. The van der Waals surface area contributed by atoms with Crippen molar-refractivity contribution in [3.63, 3.8) is 0 Å². The Bertz CT molecular complexity index is 1380. The van der Waals surface area contributed by atoms with Crippen LogP contribution in [0.2, 0.25) is 0 Å². The molecule has 168 valence electrons. The Morgan fingerprint density at radius 2 is 1.79 bits per heavy atom. The molecule has 2 aromatic carbocycles. The number of nitrogens with one attached hydrogen (secondary N) is 2. The zero-order valence-corrected chi connectivity index (χ0v) is 18.4. The Morgan fingerprint density at radius 1 is 0.939 bits per heavy atom. The van der Waals surface area contributed by atoms with E-state index in [4.69, 9.17) is 9.97 Å². The van der Waals surface area contributed by atoms with Crippen LogP contribution in [0.3, 0.4) is 0 Å². The van der Waals surface area contributed by atoms with Crippen molar-refractivity contribution in [2.75, 3.05) is 5.32 Å². The van der Waals surface area contributed by atoms with E-state index in [1.165, 1.54) is 56.6 Å². The minimum Gasteiger partial charge on any atom is -0.366 e. The predicted octanol–water partition coefficient (Wildman–Crippen LogP) is 6.92. The second-order valence-corrected chi connectivity index (χ2v) is 10.2. The van der Waals surface area contributed by atoms with Crippen LogP contribution in [0.1, 0.15) is 56.4 Å². The van der Waals surface area contributed by atoms with E-state index in [1.54, 1.807) is 6.20 Å². The number of para-hydroxylation sites is 1. The molecule has 0 saturated heterocycles. The maximum atomic E-state index is 14.4. The van der Waals surface area contributed by atoms with Crippen LogP contribution in [0.15, 0.2) is 36.5 Å². The summed E-state index contributed by atoms with van der Waals surface area (Å²) in [5.41, 5.74) is 3.12. The first kappa shape index (κ1) is 19.4. The van der Waals surface area contributed by atoms with E-state index < -0.39 is 11.6 Å². The molecule has 0 radical (unpaired) electrons. The lowest BCUT2D eigenvalue weighted by molar-refractivity contribution is 0.157. The standard InChI is InChI=1S/C27H26F2N4/c28-17-11-20-21(13-30-25(20)22(29)12-17)27-32-24-18(15-8-9-15)2-1-3-19(24)26(33-27)31-23-10-14-4-6-16(23)7-5-14/h1-3,11-16,23,30H,4-10H2,(H,31,32,33). The Labute approximate surface area is 190 Å². The average Bonchev–Trinajstić information content (AvgIpc) is 3.58. The molecule has 33 heavy (non-hydrogen) atoms. The Kier molecular flexibility index (Phi) is 4.27. The number of hydrogen-bond donors (Lipinski definition) is 2. The summed E-state index contributed by atoms with van der Waals surface area (Å²) in [7, 11) is 0. The van der Waals surface area contributed by atoms with Crippen molar-refractivity contribution in [2.24, 2.45) is 11.8 Å². The van der Waals surface area contributed by atoms with E-state index in [9.17, 15) is 8.78 Å². The van der Waals surface area contributed by atoms with Gasteiger partial charge in [0.05, 0.1) is 11.0 Å². The third-order valence-electron chi connectivity index (χ3n) is 8.09.